The molecule has 0 saturated heterocycles. The van der Waals surface area contributed by atoms with E-state index in [9.17, 15) is 9.59 Å². The number of carbonyl (C=O) groups is 2. The minimum absolute atomic E-state index is 0.0961. The van der Waals surface area contributed by atoms with Crippen LogP contribution in [0.15, 0.2) is 30.3 Å². The van der Waals surface area contributed by atoms with Gasteiger partial charge < -0.3 is 10.1 Å². The first-order valence-electron chi connectivity index (χ1n) is 9.10. The van der Waals surface area contributed by atoms with Gasteiger partial charge in [0.25, 0.3) is 5.91 Å². The van der Waals surface area contributed by atoms with Crippen LogP contribution in [0.25, 0.3) is 0 Å². The van der Waals surface area contributed by atoms with E-state index in [2.05, 4.69) is 19.2 Å². The second kappa shape index (κ2) is 7.32. The number of Topliss-reactive ketones (excluding diaryl/α,β-unsaturated/α-hetero) is 1. The molecule has 4 nitrogen and oxygen atoms in total. The summed E-state index contributed by atoms with van der Waals surface area (Å²) in [5.74, 6) is 0.588. The average molecular weight is 351 g/mol. The third-order valence-corrected chi connectivity index (χ3v) is 5.05. The highest BCUT2D eigenvalue weighted by Crippen LogP contribution is 2.40. The van der Waals surface area contributed by atoms with Crippen LogP contribution >= 0.6 is 0 Å². The highest BCUT2D eigenvalue weighted by molar-refractivity contribution is 6.04. The molecule has 2 aromatic carbocycles. The summed E-state index contributed by atoms with van der Waals surface area (Å²) in [6.45, 7) is 7.98. The maximum absolute atomic E-state index is 12.4. The molecular weight excluding hydrogens is 326 g/mol. The number of fused-ring (bicyclic) bond motifs is 1. The molecule has 0 radical (unpaired) electrons. The van der Waals surface area contributed by atoms with E-state index >= 15 is 0 Å². The van der Waals surface area contributed by atoms with E-state index in [0.717, 1.165) is 34.4 Å². The Kier molecular flexibility index (Phi) is 5.12. The molecule has 1 aliphatic rings. The molecule has 26 heavy (non-hydrogen) atoms. The maximum Gasteiger partial charge on any atom is 0.262 e. The van der Waals surface area contributed by atoms with Gasteiger partial charge in [0.05, 0.1) is 5.56 Å². The van der Waals surface area contributed by atoms with Gasteiger partial charge in [0.2, 0.25) is 0 Å². The van der Waals surface area contributed by atoms with Crippen LogP contribution < -0.4 is 10.1 Å². The van der Waals surface area contributed by atoms with E-state index in [1.807, 2.05) is 38.1 Å². The number of ether oxygens (including phenoxy) is 1. The van der Waals surface area contributed by atoms with Gasteiger partial charge in [0.15, 0.2) is 12.4 Å². The summed E-state index contributed by atoms with van der Waals surface area (Å²) in [4.78, 5) is 24.7. The van der Waals surface area contributed by atoms with Crippen molar-refractivity contribution in [3.63, 3.8) is 0 Å². The van der Waals surface area contributed by atoms with Crippen molar-refractivity contribution in [1.29, 1.82) is 0 Å². The summed E-state index contributed by atoms with van der Waals surface area (Å²) in [5, 5.41) is 2.95. The normalized spacial score (nSPS) is 15.7. The number of benzene rings is 2. The predicted molar refractivity (Wildman–Crippen MR) is 103 cm³/mol. The van der Waals surface area contributed by atoms with E-state index in [4.69, 9.17) is 4.74 Å². The summed E-state index contributed by atoms with van der Waals surface area (Å²) in [5.41, 5.74) is 5.78. The van der Waals surface area contributed by atoms with Crippen molar-refractivity contribution in [2.45, 2.75) is 46.5 Å². The number of nitrogens with one attached hydrogen (secondary N) is 1. The smallest absolute Gasteiger partial charge is 0.262 e. The van der Waals surface area contributed by atoms with Gasteiger partial charge in [-0.1, -0.05) is 38.1 Å². The molecule has 0 aliphatic heterocycles. The molecule has 3 rings (SSSR count). The third-order valence-electron chi connectivity index (χ3n) is 5.05. The Balaban J connectivity index is 1.75. The Labute approximate surface area is 154 Å². The van der Waals surface area contributed by atoms with Gasteiger partial charge in [0.1, 0.15) is 5.75 Å². The molecule has 1 atom stereocenters. The summed E-state index contributed by atoms with van der Waals surface area (Å²) in [6, 6.07) is 9.72. The second-order valence-corrected chi connectivity index (χ2v) is 7.00. The van der Waals surface area contributed by atoms with Crippen LogP contribution in [0.5, 0.6) is 5.75 Å². The number of anilines is 1. The van der Waals surface area contributed by atoms with Gasteiger partial charge in [-0.2, -0.15) is 0 Å². The third kappa shape index (κ3) is 3.36. The van der Waals surface area contributed by atoms with Gasteiger partial charge in [-0.05, 0) is 54.5 Å². The van der Waals surface area contributed by atoms with Crippen LogP contribution in [0.2, 0.25) is 0 Å². The lowest BCUT2D eigenvalue weighted by Crippen LogP contribution is -2.22. The fourth-order valence-electron chi connectivity index (χ4n) is 3.75. The molecule has 1 unspecified atom stereocenters. The zero-order chi connectivity index (χ0) is 18.8. The van der Waals surface area contributed by atoms with Crippen molar-refractivity contribution in [3.8, 4) is 5.75 Å². The SMILES string of the molecule is CCc1cccc(C)c1NC(=O)COc1ccc(C)c2c1C(=O)CC2C. The molecule has 2 aromatic rings. The van der Waals surface area contributed by atoms with Crippen LogP contribution in [-0.4, -0.2) is 18.3 Å². The molecular formula is C22H25NO3. The Hall–Kier alpha value is -2.62. The monoisotopic (exact) mass is 351 g/mol. The molecule has 0 fully saturated rings. The molecule has 0 saturated carbocycles. The molecule has 1 aliphatic carbocycles. The Morgan fingerprint density at radius 1 is 1.19 bits per heavy atom. The number of hydrogen-bond donors (Lipinski definition) is 1. The van der Waals surface area contributed by atoms with Gasteiger partial charge in [-0.15, -0.1) is 0 Å². The first kappa shape index (κ1) is 18.2. The summed E-state index contributed by atoms with van der Waals surface area (Å²) in [7, 11) is 0. The van der Waals surface area contributed by atoms with Crippen LogP contribution in [0, 0.1) is 13.8 Å². The summed E-state index contributed by atoms with van der Waals surface area (Å²) in [6.07, 6.45) is 1.35. The highest BCUT2D eigenvalue weighted by Gasteiger charge is 2.31. The zero-order valence-corrected chi connectivity index (χ0v) is 15.8. The van der Waals surface area contributed by atoms with Gasteiger partial charge >= 0.3 is 0 Å². The van der Waals surface area contributed by atoms with Crippen molar-refractivity contribution in [3.05, 3.63) is 58.1 Å². The van der Waals surface area contributed by atoms with E-state index in [1.54, 1.807) is 6.07 Å². The van der Waals surface area contributed by atoms with Crippen LogP contribution in [0.1, 0.15) is 58.8 Å². The fraction of sp³-hybridized carbons (Fsp3) is 0.364. The average Bonchev–Trinajstić information content (AvgIpc) is 2.91. The molecule has 1 N–H and O–H groups in total. The van der Waals surface area contributed by atoms with E-state index in [1.165, 1.54) is 0 Å². The molecule has 0 spiro atoms. The van der Waals surface area contributed by atoms with E-state index in [0.29, 0.717) is 17.7 Å². The molecule has 136 valence electrons. The summed E-state index contributed by atoms with van der Waals surface area (Å²) >= 11 is 0. The zero-order valence-electron chi connectivity index (χ0n) is 15.8. The standard InChI is InChI=1S/C22H25NO3/c1-5-16-8-6-7-14(3)22(16)23-19(25)12-26-18-10-9-13(2)20-15(4)11-17(24)21(18)20/h6-10,15H,5,11-12H2,1-4H3,(H,23,25). The Morgan fingerprint density at radius 2 is 1.96 bits per heavy atom. The number of hydrogen-bond acceptors (Lipinski definition) is 3. The van der Waals surface area contributed by atoms with E-state index in [-0.39, 0.29) is 24.2 Å². The van der Waals surface area contributed by atoms with E-state index < -0.39 is 0 Å². The van der Waals surface area contributed by atoms with Crippen molar-refractivity contribution in [1.82, 2.24) is 0 Å². The number of ketones is 1. The molecule has 0 aromatic heterocycles. The van der Waals surface area contributed by atoms with Crippen LogP contribution in [0.4, 0.5) is 5.69 Å². The quantitative estimate of drug-likeness (QED) is 0.858. The van der Waals surface area contributed by atoms with Gasteiger partial charge in [-0.3, -0.25) is 9.59 Å². The number of rotatable bonds is 5. The molecule has 1 amide bonds. The molecule has 0 heterocycles. The lowest BCUT2D eigenvalue weighted by Gasteiger charge is -2.15. The fourth-order valence-corrected chi connectivity index (χ4v) is 3.75. The lowest BCUT2D eigenvalue weighted by atomic mass is 9.97. The first-order valence-corrected chi connectivity index (χ1v) is 9.10. The number of aryl methyl sites for hydroxylation is 3. The molecule has 4 heteroatoms. The Morgan fingerprint density at radius 3 is 2.69 bits per heavy atom. The van der Waals surface area contributed by atoms with Crippen molar-refractivity contribution < 1.29 is 14.3 Å². The minimum Gasteiger partial charge on any atom is -0.483 e. The maximum atomic E-state index is 12.4. The number of carbonyl (C=O) groups excluding carboxylic acids is 2. The van der Waals surface area contributed by atoms with Crippen molar-refractivity contribution in [2.24, 2.45) is 0 Å². The lowest BCUT2D eigenvalue weighted by molar-refractivity contribution is -0.118. The molecule has 0 bridgehead atoms. The van der Waals surface area contributed by atoms with Gasteiger partial charge in [-0.25, -0.2) is 0 Å². The van der Waals surface area contributed by atoms with Gasteiger partial charge in [0, 0.05) is 12.1 Å². The highest BCUT2D eigenvalue weighted by atomic mass is 16.5. The Bertz CT molecular complexity index is 870. The second-order valence-electron chi connectivity index (χ2n) is 7.00. The van der Waals surface area contributed by atoms with Crippen LogP contribution in [0.3, 0.4) is 0 Å². The van der Waals surface area contributed by atoms with Crippen LogP contribution in [-0.2, 0) is 11.2 Å². The number of para-hydroxylation sites is 1. The first-order chi connectivity index (χ1) is 12.4. The van der Waals surface area contributed by atoms with Crippen molar-refractivity contribution in [2.75, 3.05) is 11.9 Å². The summed E-state index contributed by atoms with van der Waals surface area (Å²) < 4.78 is 5.74. The van der Waals surface area contributed by atoms with Crippen molar-refractivity contribution >= 4 is 17.4 Å². The topological polar surface area (TPSA) is 55.4 Å². The predicted octanol–water partition coefficient (Wildman–Crippen LogP) is 4.57. The largest absolute Gasteiger partial charge is 0.483 e. The number of amides is 1. The minimum atomic E-state index is -0.221.